The van der Waals surface area contributed by atoms with E-state index in [1.807, 2.05) is 0 Å². The topological polar surface area (TPSA) is 91.4 Å². The Labute approximate surface area is 147 Å². The Balaban J connectivity index is 1.90. The lowest BCUT2D eigenvalue weighted by Gasteiger charge is -2.10. The summed E-state index contributed by atoms with van der Waals surface area (Å²) in [6, 6.07) is 5.62. The molecule has 2 N–H and O–H groups in total. The molecule has 0 spiro atoms. The molecule has 0 bridgehead atoms. The first-order valence-electron chi connectivity index (χ1n) is 7.34. The number of nitrogens with one attached hydrogen (secondary N) is 2. The van der Waals surface area contributed by atoms with E-state index in [1.54, 1.807) is 25.5 Å². The van der Waals surface area contributed by atoms with E-state index in [1.165, 1.54) is 23.1 Å². The van der Waals surface area contributed by atoms with Gasteiger partial charge in [-0.15, -0.1) is 11.3 Å². The quantitative estimate of drug-likeness (QED) is 0.808. The predicted molar refractivity (Wildman–Crippen MR) is 91.9 cm³/mol. The Morgan fingerprint density at radius 3 is 2.64 bits per heavy atom. The van der Waals surface area contributed by atoms with Gasteiger partial charge < -0.3 is 10.2 Å². The standard InChI is InChI=1S/C16H17FN4O3S/c1-21(2)14(23)8-18-13(22)7-10-9-25-16(19-10)20-15(24)11-5-3-4-6-12(11)17/h3-6,9H,7-8H2,1-2H3,(H,18,22)(H,19,20,24). The maximum atomic E-state index is 13.6. The average molecular weight is 364 g/mol. The average Bonchev–Trinajstić information content (AvgIpc) is 2.99. The first-order valence-corrected chi connectivity index (χ1v) is 8.22. The van der Waals surface area contributed by atoms with E-state index in [0.29, 0.717) is 5.69 Å². The van der Waals surface area contributed by atoms with Crippen LogP contribution in [0.4, 0.5) is 9.52 Å². The van der Waals surface area contributed by atoms with Crippen molar-refractivity contribution in [3.05, 3.63) is 46.7 Å². The van der Waals surface area contributed by atoms with Gasteiger partial charge in [0, 0.05) is 19.5 Å². The zero-order valence-corrected chi connectivity index (χ0v) is 14.5. The Hall–Kier alpha value is -2.81. The van der Waals surface area contributed by atoms with E-state index in [9.17, 15) is 18.8 Å². The number of nitrogens with zero attached hydrogens (tertiary/aromatic N) is 2. The fourth-order valence-corrected chi connectivity index (χ4v) is 2.52. The molecular formula is C16H17FN4O3S. The summed E-state index contributed by atoms with van der Waals surface area (Å²) in [4.78, 5) is 40.7. The van der Waals surface area contributed by atoms with Crippen LogP contribution in [0.1, 0.15) is 16.1 Å². The molecule has 0 fully saturated rings. The second-order valence-corrected chi connectivity index (χ2v) is 6.18. The molecular weight excluding hydrogens is 347 g/mol. The number of rotatable bonds is 6. The molecule has 0 saturated carbocycles. The molecule has 1 heterocycles. The summed E-state index contributed by atoms with van der Waals surface area (Å²) in [7, 11) is 3.19. The summed E-state index contributed by atoms with van der Waals surface area (Å²) in [6.07, 6.45) is -0.0211. The van der Waals surface area contributed by atoms with Gasteiger partial charge in [-0.3, -0.25) is 19.7 Å². The van der Waals surface area contributed by atoms with Crippen molar-refractivity contribution < 1.29 is 18.8 Å². The fourth-order valence-electron chi connectivity index (χ4n) is 1.81. The van der Waals surface area contributed by atoms with Crippen molar-refractivity contribution in [1.82, 2.24) is 15.2 Å². The van der Waals surface area contributed by atoms with Gasteiger partial charge in [0.25, 0.3) is 5.91 Å². The van der Waals surface area contributed by atoms with Crippen molar-refractivity contribution in [2.75, 3.05) is 26.0 Å². The molecule has 2 rings (SSSR count). The molecule has 1 aromatic carbocycles. The van der Waals surface area contributed by atoms with Gasteiger partial charge in [-0.1, -0.05) is 12.1 Å². The zero-order valence-electron chi connectivity index (χ0n) is 13.7. The number of aromatic nitrogens is 1. The van der Waals surface area contributed by atoms with Crippen LogP contribution in [0.25, 0.3) is 0 Å². The lowest BCUT2D eigenvalue weighted by Crippen LogP contribution is -2.36. The van der Waals surface area contributed by atoms with E-state index >= 15 is 0 Å². The van der Waals surface area contributed by atoms with Crippen molar-refractivity contribution in [3.8, 4) is 0 Å². The molecule has 0 aliphatic carbocycles. The van der Waals surface area contributed by atoms with Gasteiger partial charge >= 0.3 is 0 Å². The third-order valence-electron chi connectivity index (χ3n) is 3.17. The second kappa shape index (κ2) is 8.34. The SMILES string of the molecule is CN(C)C(=O)CNC(=O)Cc1csc(NC(=O)c2ccccc2F)n1. The van der Waals surface area contributed by atoms with Crippen LogP contribution in [-0.4, -0.2) is 48.2 Å². The first-order chi connectivity index (χ1) is 11.9. The highest BCUT2D eigenvalue weighted by Crippen LogP contribution is 2.17. The monoisotopic (exact) mass is 364 g/mol. The lowest BCUT2D eigenvalue weighted by molar-refractivity contribution is -0.130. The van der Waals surface area contributed by atoms with Crippen LogP contribution >= 0.6 is 11.3 Å². The largest absolute Gasteiger partial charge is 0.347 e. The van der Waals surface area contributed by atoms with Crippen LogP contribution in [-0.2, 0) is 16.0 Å². The Bertz CT molecular complexity index is 791. The summed E-state index contributed by atoms with van der Waals surface area (Å²) < 4.78 is 13.6. The number of benzene rings is 1. The van der Waals surface area contributed by atoms with Gasteiger partial charge in [0.1, 0.15) is 5.82 Å². The molecule has 0 saturated heterocycles. The second-order valence-electron chi connectivity index (χ2n) is 5.32. The number of amides is 3. The molecule has 132 valence electrons. The van der Waals surface area contributed by atoms with Crippen LogP contribution in [0.5, 0.6) is 0 Å². The summed E-state index contributed by atoms with van der Waals surface area (Å²) in [5.74, 6) is -1.81. The molecule has 9 heteroatoms. The maximum Gasteiger partial charge on any atom is 0.260 e. The Kier molecular flexibility index (Phi) is 6.18. The molecule has 0 atom stereocenters. The highest BCUT2D eigenvalue weighted by atomic mass is 32.1. The van der Waals surface area contributed by atoms with Crippen molar-refractivity contribution in [2.45, 2.75) is 6.42 Å². The van der Waals surface area contributed by atoms with Crippen LogP contribution in [0.2, 0.25) is 0 Å². The third kappa shape index (κ3) is 5.35. The highest BCUT2D eigenvalue weighted by Gasteiger charge is 2.14. The van der Waals surface area contributed by atoms with Crippen molar-refractivity contribution in [3.63, 3.8) is 0 Å². The van der Waals surface area contributed by atoms with Crippen molar-refractivity contribution in [2.24, 2.45) is 0 Å². The summed E-state index contributed by atoms with van der Waals surface area (Å²) in [6.45, 7) is -0.0904. The summed E-state index contributed by atoms with van der Waals surface area (Å²) in [5.41, 5.74) is 0.364. The Morgan fingerprint density at radius 2 is 1.96 bits per heavy atom. The van der Waals surface area contributed by atoms with Gasteiger partial charge in [0.05, 0.1) is 24.2 Å². The zero-order chi connectivity index (χ0) is 18.4. The molecule has 3 amide bonds. The number of carbonyl (C=O) groups excluding carboxylic acids is 3. The van der Waals surface area contributed by atoms with Crippen LogP contribution < -0.4 is 10.6 Å². The van der Waals surface area contributed by atoms with E-state index in [0.717, 1.165) is 11.3 Å². The molecule has 25 heavy (non-hydrogen) atoms. The van der Waals surface area contributed by atoms with Gasteiger partial charge in [-0.2, -0.15) is 0 Å². The Morgan fingerprint density at radius 1 is 1.24 bits per heavy atom. The maximum absolute atomic E-state index is 13.6. The molecule has 7 nitrogen and oxygen atoms in total. The van der Waals surface area contributed by atoms with Crippen LogP contribution in [0.15, 0.2) is 29.6 Å². The third-order valence-corrected chi connectivity index (χ3v) is 3.97. The summed E-state index contributed by atoms with van der Waals surface area (Å²) in [5, 5.41) is 6.87. The highest BCUT2D eigenvalue weighted by molar-refractivity contribution is 7.14. The molecule has 0 aliphatic rings. The van der Waals surface area contributed by atoms with E-state index < -0.39 is 11.7 Å². The molecule has 1 aromatic heterocycles. The number of thiazole rings is 1. The number of halogens is 1. The predicted octanol–water partition coefficient (Wildman–Crippen LogP) is 1.28. The minimum Gasteiger partial charge on any atom is -0.347 e. The van der Waals surface area contributed by atoms with Crippen LogP contribution in [0, 0.1) is 5.82 Å². The normalized spacial score (nSPS) is 10.2. The first kappa shape index (κ1) is 18.5. The van der Waals surface area contributed by atoms with Gasteiger partial charge in [-0.05, 0) is 12.1 Å². The minimum atomic E-state index is -0.623. The smallest absolute Gasteiger partial charge is 0.260 e. The van der Waals surface area contributed by atoms with E-state index in [4.69, 9.17) is 0 Å². The van der Waals surface area contributed by atoms with Crippen molar-refractivity contribution in [1.29, 1.82) is 0 Å². The lowest BCUT2D eigenvalue weighted by atomic mass is 10.2. The fraction of sp³-hybridized carbons (Fsp3) is 0.250. The van der Waals surface area contributed by atoms with Crippen molar-refractivity contribution >= 4 is 34.2 Å². The minimum absolute atomic E-state index is 0.0211. The van der Waals surface area contributed by atoms with E-state index in [2.05, 4.69) is 15.6 Å². The number of carbonyl (C=O) groups is 3. The van der Waals surface area contributed by atoms with Gasteiger partial charge in [0.15, 0.2) is 5.13 Å². The van der Waals surface area contributed by atoms with Gasteiger partial charge in [-0.25, -0.2) is 9.37 Å². The molecule has 0 radical (unpaired) electrons. The number of anilines is 1. The summed E-state index contributed by atoms with van der Waals surface area (Å²) >= 11 is 1.13. The number of likely N-dealkylation sites (N-methyl/N-ethyl adjacent to an activating group) is 1. The molecule has 0 unspecified atom stereocenters. The number of hydrogen-bond acceptors (Lipinski definition) is 5. The number of hydrogen-bond donors (Lipinski definition) is 2. The molecule has 2 aromatic rings. The van der Waals surface area contributed by atoms with E-state index in [-0.39, 0.29) is 35.5 Å². The van der Waals surface area contributed by atoms with Crippen LogP contribution in [0.3, 0.4) is 0 Å². The van der Waals surface area contributed by atoms with Gasteiger partial charge in [0.2, 0.25) is 11.8 Å². The molecule has 0 aliphatic heterocycles.